The summed E-state index contributed by atoms with van der Waals surface area (Å²) < 4.78 is 80.9. The van der Waals surface area contributed by atoms with Crippen LogP contribution in [-0.2, 0) is 6.54 Å². The SMILES string of the molecule is CCOc1cc(F)c(Cn2nc(-c3ncc(C4CCN(CCC(F)(F)F)CC4)c(Nc4ccncc4OC)n3)c3ccccc32)c(F)c1. The minimum Gasteiger partial charge on any atom is -0.494 e. The van der Waals surface area contributed by atoms with Gasteiger partial charge in [-0.25, -0.2) is 18.7 Å². The largest absolute Gasteiger partial charge is 0.494 e. The lowest BCUT2D eigenvalue weighted by atomic mass is 9.90. The molecular formula is C34H34F5N7O2. The molecule has 9 nitrogen and oxygen atoms in total. The van der Waals surface area contributed by atoms with E-state index in [1.54, 1.807) is 37.6 Å². The molecule has 5 aromatic rings. The number of halogens is 5. The molecule has 2 aromatic carbocycles. The summed E-state index contributed by atoms with van der Waals surface area (Å²) in [5.41, 5.74) is 2.29. The zero-order valence-corrected chi connectivity index (χ0v) is 26.4. The summed E-state index contributed by atoms with van der Waals surface area (Å²) >= 11 is 0. The first-order chi connectivity index (χ1) is 23.1. The molecular weight excluding hydrogens is 633 g/mol. The van der Waals surface area contributed by atoms with Crippen LogP contribution in [0.2, 0.25) is 0 Å². The standard InChI is InChI=1S/C34H34F5N7O2/c1-3-48-22-16-26(35)25(27(36)17-22)20-46-29-7-5-4-6-23(29)31(44-46)33-41-18-24(21-9-13-45(14-10-21)15-11-34(37,38)39)32(43-33)42-28-8-12-40-19-30(28)47-2/h4-8,12,16-19,21H,3,9-11,13-15,20H2,1-2H3,(H,40,41,42,43). The second kappa shape index (κ2) is 14.1. The number of pyridine rings is 1. The van der Waals surface area contributed by atoms with Gasteiger partial charge in [0.25, 0.3) is 0 Å². The molecule has 4 heterocycles. The average molecular weight is 668 g/mol. The van der Waals surface area contributed by atoms with Crippen LogP contribution in [-0.4, -0.2) is 69.2 Å². The first-order valence-electron chi connectivity index (χ1n) is 15.6. The summed E-state index contributed by atoms with van der Waals surface area (Å²) in [6.07, 6.45) is 1.10. The van der Waals surface area contributed by atoms with Gasteiger partial charge in [-0.1, -0.05) is 18.2 Å². The van der Waals surface area contributed by atoms with Crippen molar-refractivity contribution in [3.63, 3.8) is 0 Å². The summed E-state index contributed by atoms with van der Waals surface area (Å²) in [4.78, 5) is 15.6. The van der Waals surface area contributed by atoms with Gasteiger partial charge in [0.2, 0.25) is 0 Å². The predicted molar refractivity (Wildman–Crippen MR) is 171 cm³/mol. The number of aromatic nitrogens is 5. The average Bonchev–Trinajstić information content (AvgIpc) is 3.44. The smallest absolute Gasteiger partial charge is 0.390 e. The molecule has 6 rings (SSSR count). The van der Waals surface area contributed by atoms with Crippen molar-refractivity contribution in [1.29, 1.82) is 0 Å². The van der Waals surface area contributed by atoms with Crippen LogP contribution >= 0.6 is 0 Å². The molecule has 0 saturated carbocycles. The number of rotatable bonds is 11. The number of nitrogens with zero attached hydrogens (tertiary/aromatic N) is 6. The number of hydrogen-bond acceptors (Lipinski definition) is 8. The Kier molecular flexibility index (Phi) is 9.71. The molecule has 1 saturated heterocycles. The Bertz CT molecular complexity index is 1870. The molecule has 48 heavy (non-hydrogen) atoms. The van der Waals surface area contributed by atoms with Crippen LogP contribution in [0.4, 0.5) is 33.5 Å². The Hall–Kier alpha value is -4.85. The van der Waals surface area contributed by atoms with Crippen molar-refractivity contribution in [1.82, 2.24) is 29.6 Å². The molecule has 0 atom stereocenters. The number of alkyl halides is 3. The molecule has 0 unspecified atom stereocenters. The van der Waals surface area contributed by atoms with E-state index >= 15 is 8.78 Å². The lowest BCUT2D eigenvalue weighted by molar-refractivity contribution is -0.138. The van der Waals surface area contributed by atoms with Crippen molar-refractivity contribution in [2.24, 2.45) is 0 Å². The maximum atomic E-state index is 15.1. The van der Waals surface area contributed by atoms with Crippen LogP contribution in [0.1, 0.15) is 43.2 Å². The van der Waals surface area contributed by atoms with E-state index in [2.05, 4.69) is 10.3 Å². The number of benzene rings is 2. The second-order valence-corrected chi connectivity index (χ2v) is 11.5. The summed E-state index contributed by atoms with van der Waals surface area (Å²) in [7, 11) is 1.53. The molecule has 3 aromatic heterocycles. The molecule has 1 N–H and O–H groups in total. The summed E-state index contributed by atoms with van der Waals surface area (Å²) in [6.45, 7) is 2.80. The molecule has 14 heteroatoms. The highest BCUT2D eigenvalue weighted by molar-refractivity contribution is 5.92. The van der Waals surface area contributed by atoms with Gasteiger partial charge >= 0.3 is 6.18 Å². The predicted octanol–water partition coefficient (Wildman–Crippen LogP) is 7.50. The van der Waals surface area contributed by atoms with E-state index in [4.69, 9.17) is 24.5 Å². The van der Waals surface area contributed by atoms with Crippen LogP contribution in [0.15, 0.2) is 61.1 Å². The van der Waals surface area contributed by atoms with E-state index in [9.17, 15) is 13.2 Å². The minimum atomic E-state index is -4.20. The number of piperidine rings is 1. The molecule has 1 fully saturated rings. The quantitative estimate of drug-likeness (QED) is 0.145. The fourth-order valence-electron chi connectivity index (χ4n) is 5.97. The molecule has 0 amide bonds. The third-order valence-electron chi connectivity index (χ3n) is 8.42. The van der Waals surface area contributed by atoms with E-state index in [1.165, 1.54) is 11.8 Å². The number of nitrogens with one attached hydrogen (secondary N) is 1. The first kappa shape index (κ1) is 33.1. The van der Waals surface area contributed by atoms with Crippen molar-refractivity contribution in [3.8, 4) is 23.0 Å². The normalized spacial score (nSPS) is 14.4. The van der Waals surface area contributed by atoms with Gasteiger partial charge < -0.3 is 19.7 Å². The molecule has 252 valence electrons. The molecule has 0 spiro atoms. The Morgan fingerprint density at radius 3 is 2.48 bits per heavy atom. The van der Waals surface area contributed by atoms with Crippen LogP contribution in [0.3, 0.4) is 0 Å². The summed E-state index contributed by atoms with van der Waals surface area (Å²) in [5, 5.41) is 8.78. The van der Waals surface area contributed by atoms with E-state index in [0.717, 1.165) is 17.7 Å². The summed E-state index contributed by atoms with van der Waals surface area (Å²) in [6, 6.07) is 11.3. The third-order valence-corrected chi connectivity index (χ3v) is 8.42. The molecule has 0 aliphatic carbocycles. The van der Waals surface area contributed by atoms with Crippen molar-refractivity contribution in [2.45, 2.75) is 44.8 Å². The van der Waals surface area contributed by atoms with Gasteiger partial charge in [0.05, 0.1) is 44.1 Å². The number of ether oxygens (including phenoxy) is 2. The Labute approximate surface area is 273 Å². The van der Waals surface area contributed by atoms with Crippen LogP contribution in [0.5, 0.6) is 11.5 Å². The number of likely N-dealkylation sites (tertiary alicyclic amines) is 1. The van der Waals surface area contributed by atoms with Gasteiger partial charge in [-0.2, -0.15) is 18.3 Å². The fourth-order valence-corrected chi connectivity index (χ4v) is 5.97. The van der Waals surface area contributed by atoms with E-state index in [0.29, 0.717) is 59.8 Å². The highest BCUT2D eigenvalue weighted by Gasteiger charge is 2.30. The van der Waals surface area contributed by atoms with Gasteiger partial charge in [0.15, 0.2) is 11.6 Å². The van der Waals surface area contributed by atoms with E-state index in [-0.39, 0.29) is 42.8 Å². The number of anilines is 2. The van der Waals surface area contributed by atoms with E-state index < -0.39 is 24.2 Å². The molecule has 1 aliphatic heterocycles. The van der Waals surface area contributed by atoms with Crippen molar-refractivity contribution in [3.05, 3.63) is 83.8 Å². The zero-order valence-electron chi connectivity index (χ0n) is 26.4. The van der Waals surface area contributed by atoms with Gasteiger partial charge in [0.1, 0.15) is 28.9 Å². The van der Waals surface area contributed by atoms with Gasteiger partial charge in [-0.05, 0) is 50.9 Å². The second-order valence-electron chi connectivity index (χ2n) is 11.5. The van der Waals surface area contributed by atoms with Gasteiger partial charge in [-0.15, -0.1) is 0 Å². The maximum Gasteiger partial charge on any atom is 0.390 e. The topological polar surface area (TPSA) is 90.2 Å². The van der Waals surface area contributed by atoms with Crippen LogP contribution in [0.25, 0.3) is 22.4 Å². The Balaban J connectivity index is 1.35. The number of fused-ring (bicyclic) bond motifs is 1. The number of methoxy groups -OCH3 is 1. The maximum absolute atomic E-state index is 15.1. The number of para-hydroxylation sites is 1. The third kappa shape index (κ3) is 7.33. The highest BCUT2D eigenvalue weighted by Crippen LogP contribution is 2.37. The first-order valence-corrected chi connectivity index (χ1v) is 15.6. The fraction of sp³-hybridized carbons (Fsp3) is 0.353. The minimum absolute atomic E-state index is 0.0172. The monoisotopic (exact) mass is 667 g/mol. The molecule has 1 aliphatic rings. The highest BCUT2D eigenvalue weighted by atomic mass is 19.4. The van der Waals surface area contributed by atoms with Crippen LogP contribution < -0.4 is 14.8 Å². The number of hydrogen-bond donors (Lipinski definition) is 1. The molecule has 0 radical (unpaired) electrons. The van der Waals surface area contributed by atoms with Gasteiger partial charge in [-0.3, -0.25) is 9.67 Å². The van der Waals surface area contributed by atoms with Gasteiger partial charge in [0, 0.05) is 47.6 Å². The lowest BCUT2D eigenvalue weighted by Gasteiger charge is -2.32. The van der Waals surface area contributed by atoms with Crippen molar-refractivity contribution >= 4 is 22.4 Å². The Morgan fingerprint density at radius 1 is 1.02 bits per heavy atom. The summed E-state index contributed by atoms with van der Waals surface area (Å²) in [5.74, 6) is -0.158. The van der Waals surface area contributed by atoms with Crippen molar-refractivity contribution in [2.75, 3.05) is 38.7 Å². The van der Waals surface area contributed by atoms with Crippen LogP contribution in [0, 0.1) is 11.6 Å². The molecule has 0 bridgehead atoms. The lowest BCUT2D eigenvalue weighted by Crippen LogP contribution is -2.35. The Morgan fingerprint density at radius 2 is 1.77 bits per heavy atom. The van der Waals surface area contributed by atoms with Crippen molar-refractivity contribution < 1.29 is 31.4 Å². The zero-order chi connectivity index (χ0) is 33.8. The van der Waals surface area contributed by atoms with E-state index in [1.807, 2.05) is 23.1 Å².